The van der Waals surface area contributed by atoms with Gasteiger partial charge in [0.15, 0.2) is 0 Å². The van der Waals surface area contributed by atoms with E-state index in [4.69, 9.17) is 4.74 Å². The number of ether oxygens (including phenoxy) is 1. The smallest absolute Gasteiger partial charge is 0.407 e. The predicted molar refractivity (Wildman–Crippen MR) is 57.7 cm³/mol. The van der Waals surface area contributed by atoms with Crippen LogP contribution in [0.3, 0.4) is 0 Å². The molecule has 0 spiro atoms. The highest BCUT2D eigenvalue weighted by Crippen LogP contribution is 2.31. The van der Waals surface area contributed by atoms with Gasteiger partial charge in [0.1, 0.15) is 5.60 Å². The first kappa shape index (κ1) is 10.7. The highest BCUT2D eigenvalue weighted by molar-refractivity contribution is 5.68. The second kappa shape index (κ2) is 3.67. The quantitative estimate of drug-likeness (QED) is 0.688. The lowest BCUT2D eigenvalue weighted by atomic mass is 10.1. The molecule has 2 bridgehead atoms. The van der Waals surface area contributed by atoms with E-state index in [0.717, 1.165) is 18.9 Å². The van der Waals surface area contributed by atoms with Gasteiger partial charge in [0.05, 0.1) is 0 Å². The zero-order chi connectivity index (χ0) is 11.1. The molecule has 1 amide bonds. The molecule has 3 atom stereocenters. The summed E-state index contributed by atoms with van der Waals surface area (Å²) in [6.45, 7) is 6.75. The number of alkyl carbamates (subject to hydrolysis) is 1. The van der Waals surface area contributed by atoms with Gasteiger partial charge in [0, 0.05) is 12.1 Å². The maximum absolute atomic E-state index is 11.5. The number of carbonyl (C=O) groups excluding carboxylic acids is 1. The van der Waals surface area contributed by atoms with Gasteiger partial charge in [-0.3, -0.25) is 0 Å². The van der Waals surface area contributed by atoms with Crippen LogP contribution >= 0.6 is 0 Å². The Hall–Kier alpha value is -0.770. The van der Waals surface area contributed by atoms with Crippen molar-refractivity contribution in [2.24, 2.45) is 5.92 Å². The molecule has 1 saturated carbocycles. The molecular weight excluding hydrogens is 192 g/mol. The van der Waals surface area contributed by atoms with Gasteiger partial charge in [-0.05, 0) is 46.1 Å². The van der Waals surface area contributed by atoms with Gasteiger partial charge in [0.25, 0.3) is 0 Å². The molecule has 4 heteroatoms. The van der Waals surface area contributed by atoms with Crippen molar-refractivity contribution in [1.82, 2.24) is 10.6 Å². The van der Waals surface area contributed by atoms with Crippen molar-refractivity contribution in [3.63, 3.8) is 0 Å². The molecule has 1 heterocycles. The molecule has 1 saturated heterocycles. The largest absolute Gasteiger partial charge is 0.444 e. The highest BCUT2D eigenvalue weighted by Gasteiger charge is 2.40. The van der Waals surface area contributed by atoms with Crippen molar-refractivity contribution < 1.29 is 9.53 Å². The Morgan fingerprint density at radius 1 is 1.40 bits per heavy atom. The fraction of sp³-hybridized carbons (Fsp3) is 0.909. The zero-order valence-electron chi connectivity index (χ0n) is 9.67. The van der Waals surface area contributed by atoms with Gasteiger partial charge >= 0.3 is 6.09 Å². The van der Waals surface area contributed by atoms with Crippen LogP contribution in [-0.2, 0) is 4.74 Å². The Labute approximate surface area is 90.8 Å². The van der Waals surface area contributed by atoms with Crippen LogP contribution in [0.4, 0.5) is 4.79 Å². The third-order valence-electron chi connectivity index (χ3n) is 3.03. The van der Waals surface area contributed by atoms with Crippen molar-refractivity contribution in [3.8, 4) is 0 Å². The van der Waals surface area contributed by atoms with Gasteiger partial charge < -0.3 is 15.4 Å². The molecular formula is C11H20N2O2. The van der Waals surface area contributed by atoms with E-state index in [1.807, 2.05) is 20.8 Å². The van der Waals surface area contributed by atoms with E-state index in [1.54, 1.807) is 0 Å². The van der Waals surface area contributed by atoms with Crippen LogP contribution in [0, 0.1) is 5.92 Å². The number of hydrogen-bond donors (Lipinski definition) is 2. The van der Waals surface area contributed by atoms with Crippen molar-refractivity contribution in [3.05, 3.63) is 0 Å². The summed E-state index contributed by atoms with van der Waals surface area (Å²) in [6, 6.07) is 0.723. The van der Waals surface area contributed by atoms with E-state index < -0.39 is 5.60 Å². The molecule has 0 radical (unpaired) electrons. The third kappa shape index (κ3) is 2.62. The number of amides is 1. The lowest BCUT2D eigenvalue weighted by Gasteiger charge is -2.26. The molecule has 1 aliphatic heterocycles. The summed E-state index contributed by atoms with van der Waals surface area (Å²) in [5, 5.41) is 6.35. The fourth-order valence-electron chi connectivity index (χ4n) is 2.47. The molecule has 0 aromatic carbocycles. The maximum Gasteiger partial charge on any atom is 0.407 e. The molecule has 0 aromatic rings. The normalized spacial score (nSPS) is 34.2. The van der Waals surface area contributed by atoms with Gasteiger partial charge in [-0.15, -0.1) is 0 Å². The topological polar surface area (TPSA) is 50.4 Å². The Morgan fingerprint density at radius 2 is 2.13 bits per heavy atom. The second-order valence-corrected chi connectivity index (χ2v) is 5.60. The Balaban J connectivity index is 1.80. The Bertz CT molecular complexity index is 260. The minimum atomic E-state index is -0.408. The summed E-state index contributed by atoms with van der Waals surface area (Å²) in [5.74, 6) is 0.745. The maximum atomic E-state index is 11.5. The van der Waals surface area contributed by atoms with E-state index in [1.165, 1.54) is 6.42 Å². The molecule has 2 N–H and O–H groups in total. The number of nitrogens with one attached hydrogen (secondary N) is 2. The van der Waals surface area contributed by atoms with E-state index >= 15 is 0 Å². The fourth-order valence-corrected chi connectivity index (χ4v) is 2.47. The molecule has 15 heavy (non-hydrogen) atoms. The van der Waals surface area contributed by atoms with Crippen LogP contribution in [0.5, 0.6) is 0 Å². The lowest BCUT2D eigenvalue weighted by Crippen LogP contribution is -2.49. The molecule has 0 unspecified atom stereocenters. The summed E-state index contributed by atoms with van der Waals surface area (Å²) in [5.41, 5.74) is -0.408. The molecule has 2 rings (SSSR count). The average molecular weight is 212 g/mol. The van der Waals surface area contributed by atoms with E-state index in [0.29, 0.717) is 6.04 Å². The van der Waals surface area contributed by atoms with Crippen LogP contribution in [0.2, 0.25) is 0 Å². The molecule has 2 fully saturated rings. The predicted octanol–water partition coefficient (Wildman–Crippen LogP) is 1.26. The highest BCUT2D eigenvalue weighted by atomic mass is 16.6. The third-order valence-corrected chi connectivity index (χ3v) is 3.03. The standard InChI is InChI=1S/C11H20N2O2/c1-11(2,3)15-10(14)13-9-5-7-4-8(9)12-6-7/h7-9,12H,4-6H2,1-3H3,(H,13,14)/t7-,8+,9+/m1/s1. The van der Waals surface area contributed by atoms with Gasteiger partial charge in [-0.25, -0.2) is 4.79 Å². The molecule has 2 aliphatic rings. The number of hydrogen-bond acceptors (Lipinski definition) is 3. The average Bonchev–Trinajstić information content (AvgIpc) is 2.60. The van der Waals surface area contributed by atoms with Crippen LogP contribution in [0.1, 0.15) is 33.6 Å². The number of piperidine rings is 1. The van der Waals surface area contributed by atoms with E-state index in [2.05, 4.69) is 10.6 Å². The molecule has 4 nitrogen and oxygen atoms in total. The van der Waals surface area contributed by atoms with E-state index in [-0.39, 0.29) is 12.1 Å². The van der Waals surface area contributed by atoms with Crippen LogP contribution < -0.4 is 10.6 Å². The Kier molecular flexibility index (Phi) is 2.63. The summed E-state index contributed by atoms with van der Waals surface area (Å²) < 4.78 is 5.23. The number of carbonyl (C=O) groups is 1. The van der Waals surface area contributed by atoms with Gasteiger partial charge in [-0.2, -0.15) is 0 Å². The first-order chi connectivity index (χ1) is 6.94. The van der Waals surface area contributed by atoms with Crippen LogP contribution in [0.25, 0.3) is 0 Å². The van der Waals surface area contributed by atoms with Crippen molar-refractivity contribution in [2.75, 3.05) is 6.54 Å². The van der Waals surface area contributed by atoms with E-state index in [9.17, 15) is 4.79 Å². The minimum absolute atomic E-state index is 0.263. The first-order valence-corrected chi connectivity index (χ1v) is 5.67. The van der Waals surface area contributed by atoms with Gasteiger partial charge in [-0.1, -0.05) is 0 Å². The lowest BCUT2D eigenvalue weighted by molar-refractivity contribution is 0.0494. The molecule has 1 aliphatic carbocycles. The summed E-state index contributed by atoms with van der Waals surface area (Å²) in [6.07, 6.45) is 2.00. The van der Waals surface area contributed by atoms with Crippen LogP contribution in [0.15, 0.2) is 0 Å². The van der Waals surface area contributed by atoms with Crippen molar-refractivity contribution >= 4 is 6.09 Å². The molecule has 86 valence electrons. The number of rotatable bonds is 1. The second-order valence-electron chi connectivity index (χ2n) is 5.60. The summed E-state index contributed by atoms with van der Waals surface area (Å²) >= 11 is 0. The van der Waals surface area contributed by atoms with Crippen molar-refractivity contribution in [2.45, 2.75) is 51.3 Å². The zero-order valence-corrected chi connectivity index (χ0v) is 9.67. The molecule has 0 aromatic heterocycles. The minimum Gasteiger partial charge on any atom is -0.444 e. The summed E-state index contributed by atoms with van der Waals surface area (Å²) in [4.78, 5) is 11.5. The number of fused-ring (bicyclic) bond motifs is 2. The summed E-state index contributed by atoms with van der Waals surface area (Å²) in [7, 11) is 0. The Morgan fingerprint density at radius 3 is 2.60 bits per heavy atom. The monoisotopic (exact) mass is 212 g/mol. The SMILES string of the molecule is CC(C)(C)OC(=O)N[C@H]1C[C@@H]2CN[C@H]1C2. The first-order valence-electron chi connectivity index (χ1n) is 5.67. The van der Waals surface area contributed by atoms with Gasteiger partial charge in [0.2, 0.25) is 0 Å². The van der Waals surface area contributed by atoms with Crippen LogP contribution in [-0.4, -0.2) is 30.3 Å². The van der Waals surface area contributed by atoms with Crippen molar-refractivity contribution in [1.29, 1.82) is 0 Å².